The van der Waals surface area contributed by atoms with Gasteiger partial charge in [-0.2, -0.15) is 0 Å². The number of carbonyl (C=O) groups excluding carboxylic acids is 8. The van der Waals surface area contributed by atoms with Crippen LogP contribution in [0.5, 0.6) is 11.5 Å². The average molecular weight is 1680 g/mol. The van der Waals surface area contributed by atoms with Crippen molar-refractivity contribution in [1.29, 1.82) is 0 Å². The van der Waals surface area contributed by atoms with Gasteiger partial charge >= 0.3 is 0 Å². The molecule has 5 saturated heterocycles. The Morgan fingerprint density at radius 1 is 0.550 bits per heavy atom. The fourth-order valence-electron chi connectivity index (χ4n) is 12.1. The standard InChI is InChI=1S/C25H30N4O4S.C15H21N3O2.C14H19N3O2.C11H11NO2S.C10H12ClNO.C5H10N2O.CH3.Pd.H2/c1-16-5-4-6-17(2)25(16)27-23(31)13-29-10-9-28(14-24(29)32)12-19(30)15-33-20-7-8-22-21(11-20)26-18(3)34-22;1-11-5-4-6-12(2)15(11)16-13(19)9-18-8-7-17(3)10-14(18)20;1-10-4-3-5-11(2)14(10)16-12(18)9-17-7-6-15-8-13(17)19;1-7-12-10-4-8(2-3-11(10)15-7)13-5-9-6-14-9;1-7-4-3-5-8(2)10(7)12-9(13)6-11;1-7-3-2-6-5(8)4-7;;;/h4-8,11,19,30H,9-10,12-15H2,1-3H3,(H,27,31);4-6H,7-10H2,1-3H3,(H,16,19);3-5,15H,6-9H2,1-2H3,(H,16,18);2-4,9H,5-6H2,1H3;3-5H,6H2,1-2H3,(H,12,13);2-4H2,1H3,(H,6,8);1H3;;1H/q;;;;;;-1;;. The molecule has 5 fully saturated rings. The second-order valence-corrected chi connectivity index (χ2v) is 30.3. The zero-order valence-corrected chi connectivity index (χ0v) is 69.7. The molecule has 6 aromatic carbocycles. The summed E-state index contributed by atoms with van der Waals surface area (Å²) in [4.78, 5) is 114. The van der Waals surface area contributed by atoms with Crippen molar-refractivity contribution in [2.75, 3.05) is 166 Å². The van der Waals surface area contributed by atoms with Gasteiger partial charge in [-0.1, -0.05) is 72.8 Å². The maximum Gasteiger partial charge on any atom is 0.244 e. The quantitative estimate of drug-likeness (QED) is 0.0172. The molecule has 0 saturated carbocycles. The molecule has 2 unspecified atom stereocenters. The number of nitrogens with one attached hydrogen (secondary N) is 6. The molecule has 13 rings (SSSR count). The van der Waals surface area contributed by atoms with Crippen molar-refractivity contribution in [2.24, 2.45) is 0 Å². The number of hydrogen-bond donors (Lipinski definition) is 7. The number of hydrogen-bond acceptors (Lipinski definition) is 20. The van der Waals surface area contributed by atoms with Gasteiger partial charge in [-0.15, -0.1) is 34.3 Å². The number of thiazole rings is 2. The number of β-amino-alcohol motifs (C(OH)–C–C–N with tert-alkyl or cyclic N) is 1. The molecule has 8 aromatic rings. The molecule has 0 spiro atoms. The zero-order valence-electron chi connectivity index (χ0n) is 65.7. The molecule has 8 amide bonds. The molecule has 111 heavy (non-hydrogen) atoms. The van der Waals surface area contributed by atoms with E-state index in [4.69, 9.17) is 25.8 Å². The van der Waals surface area contributed by atoms with E-state index in [1.807, 2.05) is 201 Å². The third kappa shape index (κ3) is 29.7. The number of ether oxygens (including phenoxy) is 3. The Bertz CT molecular complexity index is 4410. The average Bonchev–Trinajstić information content (AvgIpc) is 1.42. The number of rotatable bonds is 19. The minimum Gasteiger partial charge on any atom is -0.491 e. The molecular formula is C81H108ClN14O12PdS2-. The van der Waals surface area contributed by atoms with E-state index in [0.29, 0.717) is 70.8 Å². The Kier molecular flexibility index (Phi) is 36.9. The smallest absolute Gasteiger partial charge is 0.244 e. The number of piperazine rings is 4. The molecule has 0 aliphatic carbocycles. The maximum atomic E-state index is 12.6. The van der Waals surface area contributed by atoms with Crippen molar-refractivity contribution in [3.05, 3.63) is 171 Å². The SMILES string of the molecule is CN1CCNC(=O)C1.Cc1cccc(C)c1NC(=O)CCl.Cc1cccc(C)c1NC(=O)CN1CCN(C)CC1=O.Cc1cccc(C)c1NC(=O)CN1CCNCC1=O.Cc1nc2cc(OCC(O)CN3CCN(CC(=O)Nc4c(C)cccc4C)C(=O)C3)ccc2s1.Cc1nc2cc(OCC3CO3)ccc2s1.[CH3-].[HH].[Pd]. The molecule has 2 atom stereocenters. The van der Waals surface area contributed by atoms with Gasteiger partial charge in [-0.3, -0.25) is 53.1 Å². The minimum atomic E-state index is -0.737. The van der Waals surface area contributed by atoms with Crippen molar-refractivity contribution in [3.8, 4) is 11.5 Å². The van der Waals surface area contributed by atoms with Crippen LogP contribution in [0.3, 0.4) is 0 Å². The molecule has 2 aromatic heterocycles. The van der Waals surface area contributed by atoms with Crippen LogP contribution in [0.1, 0.15) is 55.9 Å². The number of aliphatic hydroxyl groups is 1. The predicted molar refractivity (Wildman–Crippen MR) is 440 cm³/mol. The Balaban J connectivity index is 0.000000252. The number of carbonyl (C=O) groups is 8. The van der Waals surface area contributed by atoms with Crippen LogP contribution in [0.4, 0.5) is 22.7 Å². The normalized spacial score (nSPS) is 15.8. The fourth-order valence-corrected chi connectivity index (χ4v) is 13.7. The number of amides is 8. The summed E-state index contributed by atoms with van der Waals surface area (Å²) in [6, 6.07) is 35.2. The van der Waals surface area contributed by atoms with E-state index in [1.54, 1.807) is 37.4 Å². The number of anilines is 4. The summed E-state index contributed by atoms with van der Waals surface area (Å²) in [5.41, 5.74) is 13.5. The van der Waals surface area contributed by atoms with E-state index < -0.39 is 6.10 Å². The summed E-state index contributed by atoms with van der Waals surface area (Å²) in [5, 5.41) is 29.7. The van der Waals surface area contributed by atoms with Gasteiger partial charge in [-0.25, -0.2) is 9.97 Å². The number of alkyl halides is 1. The molecule has 5 aliphatic rings. The second-order valence-electron chi connectivity index (χ2n) is 27.5. The first kappa shape index (κ1) is 91.1. The number of benzene rings is 6. The Labute approximate surface area is 679 Å². The molecule has 30 heteroatoms. The number of nitrogens with zero attached hydrogens (tertiary/aromatic N) is 8. The number of likely N-dealkylation sites (N-methyl/N-ethyl adjacent to an activating group) is 2. The van der Waals surface area contributed by atoms with E-state index in [9.17, 15) is 43.5 Å². The second kappa shape index (κ2) is 45.0. The summed E-state index contributed by atoms with van der Waals surface area (Å²) in [5.74, 6) is 0.869. The largest absolute Gasteiger partial charge is 0.491 e. The number of halogens is 1. The van der Waals surface area contributed by atoms with Gasteiger partial charge in [0.05, 0.1) is 82.9 Å². The van der Waals surface area contributed by atoms with Crippen molar-refractivity contribution in [2.45, 2.75) is 81.4 Å². The summed E-state index contributed by atoms with van der Waals surface area (Å²) >= 11 is 8.73. The van der Waals surface area contributed by atoms with Crippen LogP contribution in [-0.4, -0.2) is 248 Å². The van der Waals surface area contributed by atoms with Gasteiger partial charge in [0.2, 0.25) is 47.3 Å². The van der Waals surface area contributed by atoms with Crippen LogP contribution in [-0.2, 0) is 63.5 Å². The number of aromatic nitrogens is 2. The number of fused-ring (bicyclic) bond motifs is 2. The third-order valence-corrected chi connectivity index (χ3v) is 20.3. The van der Waals surface area contributed by atoms with Gasteiger partial charge in [-0.05, 0) is 152 Å². The summed E-state index contributed by atoms with van der Waals surface area (Å²) < 4.78 is 18.7. The predicted octanol–water partition coefficient (Wildman–Crippen LogP) is 9.04. The topological polar surface area (TPSA) is 305 Å². The number of aliphatic hydroxyl groups excluding tert-OH is 1. The van der Waals surface area contributed by atoms with E-state index in [2.05, 4.69) is 47.9 Å². The van der Waals surface area contributed by atoms with Crippen molar-refractivity contribution in [1.82, 2.24) is 50.0 Å². The Hall–Kier alpha value is -8.83. The van der Waals surface area contributed by atoms with E-state index in [0.717, 1.165) is 132 Å². The van der Waals surface area contributed by atoms with Crippen LogP contribution in [0.25, 0.3) is 20.4 Å². The van der Waals surface area contributed by atoms with E-state index in [1.165, 1.54) is 4.70 Å². The van der Waals surface area contributed by atoms with Gasteiger partial charge in [0, 0.05) is 116 Å². The summed E-state index contributed by atoms with van der Waals surface area (Å²) in [6.45, 7) is 28.8. The van der Waals surface area contributed by atoms with E-state index >= 15 is 0 Å². The summed E-state index contributed by atoms with van der Waals surface area (Å²) in [7, 11) is 3.85. The molecule has 0 bridgehead atoms. The number of epoxide rings is 1. The van der Waals surface area contributed by atoms with Crippen molar-refractivity contribution >= 4 is 125 Å². The first-order valence-electron chi connectivity index (χ1n) is 36.3. The van der Waals surface area contributed by atoms with Crippen LogP contribution in [0.2, 0.25) is 0 Å². The fraction of sp³-hybridized carbons (Fsp3) is 0.420. The van der Waals surface area contributed by atoms with Crippen LogP contribution >= 0.6 is 34.3 Å². The maximum absolute atomic E-state index is 12.6. The van der Waals surface area contributed by atoms with E-state index in [-0.39, 0.29) is 115 Å². The van der Waals surface area contributed by atoms with Gasteiger partial charge in [0.15, 0.2) is 0 Å². The van der Waals surface area contributed by atoms with Gasteiger partial charge in [0.1, 0.15) is 42.8 Å². The third-order valence-electron chi connectivity index (χ3n) is 18.1. The first-order chi connectivity index (χ1) is 52.1. The molecule has 26 nitrogen and oxygen atoms in total. The zero-order chi connectivity index (χ0) is 78.8. The monoisotopic (exact) mass is 1670 g/mol. The molecule has 604 valence electrons. The van der Waals surface area contributed by atoms with Gasteiger partial charge < -0.3 is 73.3 Å². The van der Waals surface area contributed by atoms with Crippen molar-refractivity contribution < 1.29 is 79.5 Å². The molecule has 0 radical (unpaired) electrons. The summed E-state index contributed by atoms with van der Waals surface area (Å²) in [6.07, 6.45) is -0.433. The van der Waals surface area contributed by atoms with Crippen LogP contribution in [0, 0.1) is 76.7 Å². The van der Waals surface area contributed by atoms with Crippen LogP contribution in [0.15, 0.2) is 109 Å². The number of para-hydroxylation sites is 4. The van der Waals surface area contributed by atoms with Crippen molar-refractivity contribution in [3.63, 3.8) is 0 Å². The van der Waals surface area contributed by atoms with Crippen LogP contribution < -0.4 is 41.4 Å². The molecule has 5 aliphatic heterocycles. The van der Waals surface area contributed by atoms with Gasteiger partial charge in [0.25, 0.3) is 0 Å². The Morgan fingerprint density at radius 3 is 1.34 bits per heavy atom. The molecule has 7 N–H and O–H groups in total. The molecule has 7 heterocycles. The first-order valence-corrected chi connectivity index (χ1v) is 38.4. The molecular weight excluding hydrogens is 1570 g/mol. The number of aryl methyl sites for hydroxylation is 10. The minimum absolute atomic E-state index is 0. The Morgan fingerprint density at radius 2 is 0.955 bits per heavy atom.